The van der Waals surface area contributed by atoms with E-state index in [1.165, 1.54) is 23.9 Å². The van der Waals surface area contributed by atoms with Crippen LogP contribution in [0.15, 0.2) is 83.1 Å². The maximum absolute atomic E-state index is 12.4. The maximum Gasteiger partial charge on any atom is 0.240 e. The quantitative estimate of drug-likeness (QED) is 0.353. The molecule has 0 saturated heterocycles. The van der Waals surface area contributed by atoms with E-state index in [1.54, 1.807) is 36.7 Å². The van der Waals surface area contributed by atoms with Crippen LogP contribution in [0.5, 0.6) is 0 Å². The third kappa shape index (κ3) is 5.48. The van der Waals surface area contributed by atoms with E-state index in [-0.39, 0.29) is 23.1 Å². The summed E-state index contributed by atoms with van der Waals surface area (Å²) >= 11 is 1.30. The SMILES string of the molecule is O=C(CSc1nc2ccccc2[nH]1)Nc1ccc(S(=O)(=O)NCc2cccnc2)cc1. The fourth-order valence-electron chi connectivity index (χ4n) is 2.81. The summed E-state index contributed by atoms with van der Waals surface area (Å²) in [4.78, 5) is 23.9. The smallest absolute Gasteiger partial charge is 0.240 e. The second kappa shape index (κ2) is 9.29. The molecule has 2 heterocycles. The highest BCUT2D eigenvalue weighted by atomic mass is 32.2. The van der Waals surface area contributed by atoms with E-state index < -0.39 is 10.0 Å². The van der Waals surface area contributed by atoms with Crippen molar-refractivity contribution in [1.29, 1.82) is 0 Å². The molecule has 0 atom stereocenters. The van der Waals surface area contributed by atoms with Crippen molar-refractivity contribution in [3.63, 3.8) is 0 Å². The Hall–Kier alpha value is -3.21. The Balaban J connectivity index is 1.31. The van der Waals surface area contributed by atoms with Gasteiger partial charge in [0.1, 0.15) is 0 Å². The van der Waals surface area contributed by atoms with Gasteiger partial charge >= 0.3 is 0 Å². The number of benzene rings is 2. The van der Waals surface area contributed by atoms with Crippen LogP contribution < -0.4 is 10.0 Å². The van der Waals surface area contributed by atoms with E-state index >= 15 is 0 Å². The van der Waals surface area contributed by atoms with Crippen molar-refractivity contribution in [2.75, 3.05) is 11.1 Å². The van der Waals surface area contributed by atoms with E-state index in [0.717, 1.165) is 16.6 Å². The number of hydrogen-bond acceptors (Lipinski definition) is 6. The molecule has 2 aromatic carbocycles. The van der Waals surface area contributed by atoms with Crippen LogP contribution in [-0.4, -0.2) is 35.0 Å². The average Bonchev–Trinajstić information content (AvgIpc) is 3.21. The van der Waals surface area contributed by atoms with Gasteiger partial charge in [0, 0.05) is 24.6 Å². The zero-order chi connectivity index (χ0) is 21.7. The minimum atomic E-state index is -3.67. The summed E-state index contributed by atoms with van der Waals surface area (Å²) in [5.41, 5.74) is 3.04. The summed E-state index contributed by atoms with van der Waals surface area (Å²) in [5, 5.41) is 3.42. The molecule has 0 aliphatic carbocycles. The number of rotatable bonds is 8. The van der Waals surface area contributed by atoms with Crippen molar-refractivity contribution in [1.82, 2.24) is 19.7 Å². The highest BCUT2D eigenvalue weighted by Gasteiger charge is 2.14. The number of amides is 1. The molecule has 31 heavy (non-hydrogen) atoms. The molecule has 8 nitrogen and oxygen atoms in total. The first-order valence-corrected chi connectivity index (χ1v) is 11.8. The first kappa shape index (κ1) is 21.0. The summed E-state index contributed by atoms with van der Waals surface area (Å²) in [7, 11) is -3.67. The molecule has 4 aromatic rings. The number of imidazole rings is 1. The molecular weight excluding hydrogens is 434 g/mol. The monoisotopic (exact) mass is 453 g/mol. The Morgan fingerprint density at radius 3 is 2.58 bits per heavy atom. The third-order valence-electron chi connectivity index (χ3n) is 4.35. The number of fused-ring (bicyclic) bond motifs is 1. The van der Waals surface area contributed by atoms with Crippen LogP contribution in [-0.2, 0) is 21.4 Å². The van der Waals surface area contributed by atoms with Crippen molar-refractivity contribution >= 4 is 44.4 Å². The van der Waals surface area contributed by atoms with E-state index in [0.29, 0.717) is 10.8 Å². The van der Waals surface area contributed by atoms with Crippen LogP contribution in [0, 0.1) is 0 Å². The zero-order valence-corrected chi connectivity index (χ0v) is 17.9. The number of aromatic nitrogens is 3. The third-order valence-corrected chi connectivity index (χ3v) is 6.64. The number of sulfonamides is 1. The second-order valence-corrected chi connectivity index (χ2v) is 9.34. The zero-order valence-electron chi connectivity index (χ0n) is 16.3. The van der Waals surface area contributed by atoms with Crippen LogP contribution in [0.1, 0.15) is 5.56 Å². The number of para-hydroxylation sites is 2. The normalized spacial score (nSPS) is 11.5. The Bertz CT molecular complexity index is 1260. The molecule has 0 bridgehead atoms. The fraction of sp³-hybridized carbons (Fsp3) is 0.0952. The van der Waals surface area contributed by atoms with E-state index in [1.807, 2.05) is 24.3 Å². The fourth-order valence-corrected chi connectivity index (χ4v) is 4.51. The van der Waals surface area contributed by atoms with Crippen LogP contribution >= 0.6 is 11.8 Å². The summed E-state index contributed by atoms with van der Waals surface area (Å²) in [6, 6.07) is 17.2. The molecule has 0 aliphatic rings. The van der Waals surface area contributed by atoms with Crippen LogP contribution in [0.3, 0.4) is 0 Å². The molecule has 3 N–H and O–H groups in total. The minimum Gasteiger partial charge on any atom is -0.333 e. The van der Waals surface area contributed by atoms with Gasteiger partial charge in [0.2, 0.25) is 15.9 Å². The number of anilines is 1. The molecule has 1 amide bonds. The number of carbonyl (C=O) groups is 1. The number of thioether (sulfide) groups is 1. The Labute approximate surface area is 183 Å². The van der Waals surface area contributed by atoms with Crippen molar-refractivity contribution in [3.8, 4) is 0 Å². The molecule has 0 unspecified atom stereocenters. The molecule has 0 aliphatic heterocycles. The molecule has 0 radical (unpaired) electrons. The number of H-pyrrole nitrogens is 1. The summed E-state index contributed by atoms with van der Waals surface area (Å²) < 4.78 is 27.4. The standard InChI is InChI=1S/C21H19N5O3S2/c27-20(14-30-21-25-18-5-1-2-6-19(18)26-21)24-16-7-9-17(10-8-16)31(28,29)23-13-15-4-3-11-22-12-15/h1-12,23H,13-14H2,(H,24,27)(H,25,26). The van der Waals surface area contributed by atoms with Crippen molar-refractivity contribution in [2.24, 2.45) is 0 Å². The average molecular weight is 454 g/mol. The molecule has 0 fully saturated rings. The topological polar surface area (TPSA) is 117 Å². The van der Waals surface area contributed by atoms with Crippen LogP contribution in [0.4, 0.5) is 5.69 Å². The number of aromatic amines is 1. The van der Waals surface area contributed by atoms with Gasteiger partial charge in [-0.05, 0) is 48.0 Å². The summed E-state index contributed by atoms with van der Waals surface area (Å²) in [5.74, 6) is -0.0391. The van der Waals surface area contributed by atoms with E-state index in [2.05, 4.69) is 25.0 Å². The van der Waals surface area contributed by atoms with Crippen molar-refractivity contribution in [2.45, 2.75) is 16.6 Å². The number of hydrogen-bond donors (Lipinski definition) is 3. The Morgan fingerprint density at radius 1 is 1.03 bits per heavy atom. The molecular formula is C21H19N5O3S2. The maximum atomic E-state index is 12.4. The van der Waals surface area contributed by atoms with Crippen molar-refractivity contribution < 1.29 is 13.2 Å². The molecule has 2 aromatic heterocycles. The molecule has 4 rings (SSSR count). The number of carbonyl (C=O) groups excluding carboxylic acids is 1. The van der Waals surface area contributed by atoms with Gasteiger partial charge < -0.3 is 10.3 Å². The van der Waals surface area contributed by atoms with E-state index in [4.69, 9.17) is 0 Å². The molecule has 0 spiro atoms. The lowest BCUT2D eigenvalue weighted by molar-refractivity contribution is -0.113. The molecule has 158 valence electrons. The Morgan fingerprint density at radius 2 is 1.84 bits per heavy atom. The second-order valence-electron chi connectivity index (χ2n) is 6.61. The first-order chi connectivity index (χ1) is 15.0. The van der Waals surface area contributed by atoms with Gasteiger partial charge in [-0.3, -0.25) is 9.78 Å². The highest BCUT2D eigenvalue weighted by Crippen LogP contribution is 2.20. The van der Waals surface area contributed by atoms with Gasteiger partial charge in [-0.2, -0.15) is 0 Å². The highest BCUT2D eigenvalue weighted by molar-refractivity contribution is 7.99. The van der Waals surface area contributed by atoms with Gasteiger partial charge in [-0.1, -0.05) is 30.0 Å². The van der Waals surface area contributed by atoms with Gasteiger partial charge in [-0.25, -0.2) is 18.1 Å². The number of nitrogens with one attached hydrogen (secondary N) is 3. The van der Waals surface area contributed by atoms with Gasteiger partial charge in [0.25, 0.3) is 0 Å². The van der Waals surface area contributed by atoms with Gasteiger partial charge in [0.15, 0.2) is 5.16 Å². The lowest BCUT2D eigenvalue weighted by Crippen LogP contribution is -2.23. The summed E-state index contributed by atoms with van der Waals surface area (Å²) in [6.07, 6.45) is 3.23. The minimum absolute atomic E-state index is 0.117. The number of nitrogens with zero attached hydrogens (tertiary/aromatic N) is 2. The first-order valence-electron chi connectivity index (χ1n) is 9.36. The van der Waals surface area contributed by atoms with Gasteiger partial charge in [0.05, 0.1) is 21.7 Å². The van der Waals surface area contributed by atoms with E-state index in [9.17, 15) is 13.2 Å². The Kier molecular flexibility index (Phi) is 6.31. The largest absolute Gasteiger partial charge is 0.333 e. The molecule has 0 saturated carbocycles. The lowest BCUT2D eigenvalue weighted by atomic mass is 10.3. The lowest BCUT2D eigenvalue weighted by Gasteiger charge is -2.08. The summed E-state index contributed by atoms with van der Waals surface area (Å²) in [6.45, 7) is 0.147. The van der Waals surface area contributed by atoms with Crippen LogP contribution in [0.25, 0.3) is 11.0 Å². The predicted octanol–water partition coefficient (Wildman–Crippen LogP) is 3.17. The molecule has 10 heteroatoms. The van der Waals surface area contributed by atoms with Gasteiger partial charge in [-0.15, -0.1) is 0 Å². The van der Waals surface area contributed by atoms with Crippen molar-refractivity contribution in [3.05, 3.63) is 78.6 Å². The predicted molar refractivity (Wildman–Crippen MR) is 120 cm³/mol. The number of pyridine rings is 1. The van der Waals surface area contributed by atoms with Crippen LogP contribution in [0.2, 0.25) is 0 Å².